The smallest absolute Gasteiger partial charge is 0.338 e. The standard InChI is InChI=1S/C18H18N2O5S/c1-24-11-7-5-10(6-8-11)18(23)25-9-14(21)20-17-15(16(19)22)12-3-2-4-13(12)26-17/h5-8H,2-4,9H2,1H3,(H2,19,22)(H,20,21). The summed E-state index contributed by atoms with van der Waals surface area (Å²) in [7, 11) is 1.53. The number of carbonyl (C=O) groups excluding carboxylic acids is 3. The van der Waals surface area contributed by atoms with E-state index >= 15 is 0 Å². The molecule has 1 aromatic carbocycles. The normalized spacial score (nSPS) is 12.3. The number of primary amides is 1. The van der Waals surface area contributed by atoms with Crippen LogP contribution in [0.1, 0.15) is 37.6 Å². The predicted molar refractivity (Wildman–Crippen MR) is 96.8 cm³/mol. The largest absolute Gasteiger partial charge is 0.497 e. The number of anilines is 1. The Morgan fingerprint density at radius 2 is 1.92 bits per heavy atom. The zero-order valence-corrected chi connectivity index (χ0v) is 15.0. The highest BCUT2D eigenvalue weighted by Crippen LogP contribution is 2.38. The van der Waals surface area contributed by atoms with Crippen LogP contribution in [0.15, 0.2) is 24.3 Å². The lowest BCUT2D eigenvalue weighted by molar-refractivity contribution is -0.119. The van der Waals surface area contributed by atoms with Crippen LogP contribution in [-0.4, -0.2) is 31.5 Å². The second kappa shape index (κ2) is 7.57. The molecule has 136 valence electrons. The monoisotopic (exact) mass is 374 g/mol. The first-order chi connectivity index (χ1) is 12.5. The van der Waals surface area contributed by atoms with Crippen molar-refractivity contribution in [3.63, 3.8) is 0 Å². The first kappa shape index (κ1) is 17.9. The van der Waals surface area contributed by atoms with Crippen LogP contribution in [0.5, 0.6) is 5.75 Å². The number of nitrogens with one attached hydrogen (secondary N) is 1. The van der Waals surface area contributed by atoms with Crippen LogP contribution in [0.25, 0.3) is 0 Å². The molecule has 2 aromatic rings. The molecule has 0 aliphatic heterocycles. The van der Waals surface area contributed by atoms with Crippen molar-refractivity contribution in [3.8, 4) is 5.75 Å². The summed E-state index contributed by atoms with van der Waals surface area (Å²) in [5.74, 6) is -1.08. The van der Waals surface area contributed by atoms with E-state index in [0.717, 1.165) is 29.7 Å². The van der Waals surface area contributed by atoms with Crippen molar-refractivity contribution >= 4 is 34.1 Å². The number of fused-ring (bicyclic) bond motifs is 1. The number of ether oxygens (including phenoxy) is 2. The molecule has 0 radical (unpaired) electrons. The first-order valence-corrected chi connectivity index (χ1v) is 8.86. The molecule has 0 unspecified atom stereocenters. The van der Waals surface area contributed by atoms with Gasteiger partial charge in [-0.15, -0.1) is 11.3 Å². The van der Waals surface area contributed by atoms with E-state index in [0.29, 0.717) is 21.9 Å². The molecular weight excluding hydrogens is 356 g/mol. The molecule has 3 N–H and O–H groups in total. The van der Waals surface area contributed by atoms with E-state index in [1.54, 1.807) is 24.3 Å². The predicted octanol–water partition coefficient (Wildman–Crippen LogP) is 2.14. The maximum absolute atomic E-state index is 12.1. The number of methoxy groups -OCH3 is 1. The number of carbonyl (C=O) groups is 3. The molecule has 1 aliphatic rings. The minimum Gasteiger partial charge on any atom is -0.497 e. The maximum Gasteiger partial charge on any atom is 0.338 e. The third-order valence-electron chi connectivity index (χ3n) is 4.08. The van der Waals surface area contributed by atoms with Crippen LogP contribution in [0, 0.1) is 0 Å². The fourth-order valence-corrected chi connectivity index (χ4v) is 4.17. The van der Waals surface area contributed by atoms with Crippen LogP contribution in [-0.2, 0) is 22.4 Å². The Hall–Kier alpha value is -2.87. The quantitative estimate of drug-likeness (QED) is 0.753. The number of thiophene rings is 1. The molecule has 7 nitrogen and oxygen atoms in total. The number of hydrogen-bond donors (Lipinski definition) is 2. The Morgan fingerprint density at radius 3 is 2.58 bits per heavy atom. The Labute approximate surface area is 154 Å². The molecule has 0 fully saturated rings. The number of nitrogens with two attached hydrogens (primary N) is 1. The molecule has 0 atom stereocenters. The number of amides is 2. The summed E-state index contributed by atoms with van der Waals surface area (Å²) in [5, 5.41) is 3.05. The minimum absolute atomic E-state index is 0.312. The summed E-state index contributed by atoms with van der Waals surface area (Å²) in [6.07, 6.45) is 2.64. The molecule has 3 rings (SSSR count). The van der Waals surface area contributed by atoms with Crippen LogP contribution in [0.2, 0.25) is 0 Å². The summed E-state index contributed by atoms with van der Waals surface area (Å²) < 4.78 is 10.0. The summed E-state index contributed by atoms with van der Waals surface area (Å²) in [6, 6.07) is 6.36. The maximum atomic E-state index is 12.1. The molecule has 0 bridgehead atoms. The van der Waals surface area contributed by atoms with Crippen molar-refractivity contribution in [2.45, 2.75) is 19.3 Å². The van der Waals surface area contributed by atoms with Gasteiger partial charge in [-0.3, -0.25) is 9.59 Å². The summed E-state index contributed by atoms with van der Waals surface area (Å²) in [4.78, 5) is 36.9. The van der Waals surface area contributed by atoms with Crippen molar-refractivity contribution in [2.75, 3.05) is 19.0 Å². The van der Waals surface area contributed by atoms with Gasteiger partial charge < -0.3 is 20.5 Å². The van der Waals surface area contributed by atoms with Gasteiger partial charge in [0.05, 0.1) is 18.2 Å². The number of esters is 1. The summed E-state index contributed by atoms with van der Waals surface area (Å²) in [6.45, 7) is -0.453. The van der Waals surface area contributed by atoms with Crippen molar-refractivity contribution in [3.05, 3.63) is 45.8 Å². The van der Waals surface area contributed by atoms with E-state index in [9.17, 15) is 14.4 Å². The molecule has 8 heteroatoms. The average Bonchev–Trinajstić information content (AvgIpc) is 3.20. The average molecular weight is 374 g/mol. The van der Waals surface area contributed by atoms with E-state index < -0.39 is 24.4 Å². The fraction of sp³-hybridized carbons (Fsp3) is 0.278. The zero-order chi connectivity index (χ0) is 18.7. The number of benzene rings is 1. The van der Waals surface area contributed by atoms with Gasteiger partial charge in [0.1, 0.15) is 10.8 Å². The van der Waals surface area contributed by atoms with Gasteiger partial charge in [0.2, 0.25) is 0 Å². The summed E-state index contributed by atoms with van der Waals surface area (Å²) in [5.41, 5.74) is 7.06. The molecule has 0 saturated heterocycles. The van der Waals surface area contributed by atoms with E-state index in [4.69, 9.17) is 15.2 Å². The van der Waals surface area contributed by atoms with Gasteiger partial charge in [0.25, 0.3) is 11.8 Å². The molecule has 1 aromatic heterocycles. The van der Waals surface area contributed by atoms with Crippen molar-refractivity contribution < 1.29 is 23.9 Å². The molecular formula is C18H18N2O5S. The van der Waals surface area contributed by atoms with Crippen molar-refractivity contribution in [2.24, 2.45) is 5.73 Å². The first-order valence-electron chi connectivity index (χ1n) is 8.05. The van der Waals surface area contributed by atoms with Crippen molar-refractivity contribution in [1.29, 1.82) is 0 Å². The second-order valence-electron chi connectivity index (χ2n) is 5.78. The molecule has 0 spiro atoms. The number of rotatable bonds is 6. The zero-order valence-electron chi connectivity index (χ0n) is 14.2. The lowest BCUT2D eigenvalue weighted by Gasteiger charge is -2.07. The van der Waals surface area contributed by atoms with Crippen LogP contribution in [0.3, 0.4) is 0 Å². The SMILES string of the molecule is COc1ccc(C(=O)OCC(=O)Nc2sc3c(c2C(N)=O)CCC3)cc1. The Morgan fingerprint density at radius 1 is 1.19 bits per heavy atom. The fourth-order valence-electron chi connectivity index (χ4n) is 2.86. The third kappa shape index (κ3) is 3.70. The van der Waals surface area contributed by atoms with Crippen LogP contribution < -0.4 is 15.8 Å². The Kier molecular flexibility index (Phi) is 5.22. The number of aryl methyl sites for hydroxylation is 1. The van der Waals surface area contributed by atoms with E-state index in [2.05, 4.69) is 5.32 Å². The molecule has 1 aliphatic carbocycles. The summed E-state index contributed by atoms with van der Waals surface area (Å²) >= 11 is 1.35. The lowest BCUT2D eigenvalue weighted by Crippen LogP contribution is -2.22. The Bertz CT molecular complexity index is 857. The third-order valence-corrected chi connectivity index (χ3v) is 5.29. The molecule has 2 amide bonds. The number of hydrogen-bond acceptors (Lipinski definition) is 6. The van der Waals surface area contributed by atoms with Gasteiger partial charge in [-0.25, -0.2) is 4.79 Å². The van der Waals surface area contributed by atoms with Crippen molar-refractivity contribution in [1.82, 2.24) is 0 Å². The van der Waals surface area contributed by atoms with E-state index in [1.807, 2.05) is 0 Å². The minimum atomic E-state index is -0.619. The second-order valence-corrected chi connectivity index (χ2v) is 6.88. The highest BCUT2D eigenvalue weighted by molar-refractivity contribution is 7.17. The van der Waals surface area contributed by atoms with Gasteiger partial charge in [0.15, 0.2) is 6.61 Å². The van der Waals surface area contributed by atoms with E-state index in [-0.39, 0.29) is 0 Å². The molecule has 1 heterocycles. The van der Waals surface area contributed by atoms with E-state index in [1.165, 1.54) is 18.4 Å². The van der Waals surface area contributed by atoms with Gasteiger partial charge >= 0.3 is 5.97 Å². The molecule has 0 saturated carbocycles. The van der Waals surface area contributed by atoms with Crippen LogP contribution in [0.4, 0.5) is 5.00 Å². The highest BCUT2D eigenvalue weighted by atomic mass is 32.1. The highest BCUT2D eigenvalue weighted by Gasteiger charge is 2.26. The van der Waals surface area contributed by atoms with Gasteiger partial charge in [-0.05, 0) is 49.1 Å². The van der Waals surface area contributed by atoms with Gasteiger partial charge in [-0.2, -0.15) is 0 Å². The topological polar surface area (TPSA) is 108 Å². The lowest BCUT2D eigenvalue weighted by atomic mass is 10.1. The molecule has 26 heavy (non-hydrogen) atoms. The van der Waals surface area contributed by atoms with Crippen LogP contribution >= 0.6 is 11.3 Å². The van der Waals surface area contributed by atoms with Gasteiger partial charge in [0, 0.05) is 4.88 Å². The van der Waals surface area contributed by atoms with Gasteiger partial charge in [-0.1, -0.05) is 0 Å². The Balaban J connectivity index is 1.61.